The maximum atomic E-state index is 13.2. The number of nitrogens with zero attached hydrogens (tertiary/aromatic N) is 1. The van der Waals surface area contributed by atoms with Crippen LogP contribution in [0.15, 0.2) is 76.8 Å². The first-order chi connectivity index (χ1) is 16.4. The predicted molar refractivity (Wildman–Crippen MR) is 135 cm³/mol. The highest BCUT2D eigenvalue weighted by Crippen LogP contribution is 2.29. The van der Waals surface area contributed by atoms with Crippen molar-refractivity contribution >= 4 is 57.1 Å². The van der Waals surface area contributed by atoms with Crippen molar-refractivity contribution in [1.29, 1.82) is 0 Å². The number of carbonyl (C=O) groups excluding carboxylic acids is 3. The quantitative estimate of drug-likeness (QED) is 0.312. The Kier molecular flexibility index (Phi) is 7.14. The molecule has 0 aromatic heterocycles. The Balaban J connectivity index is 1.67. The minimum Gasteiger partial charge on any atom is -0.488 e. The fourth-order valence-corrected chi connectivity index (χ4v) is 4.03. The second kappa shape index (κ2) is 10.2. The highest BCUT2D eigenvalue weighted by Gasteiger charge is 2.37. The number of anilines is 1. The summed E-state index contributed by atoms with van der Waals surface area (Å²) in [5.41, 5.74) is 2.55. The zero-order valence-electron chi connectivity index (χ0n) is 18.2. The van der Waals surface area contributed by atoms with Crippen LogP contribution < -0.4 is 15.0 Å². The van der Waals surface area contributed by atoms with Gasteiger partial charge in [-0.3, -0.25) is 14.9 Å². The lowest BCUT2D eigenvalue weighted by Gasteiger charge is -2.26. The topological polar surface area (TPSA) is 75.7 Å². The van der Waals surface area contributed by atoms with E-state index in [1.54, 1.807) is 36.4 Å². The Morgan fingerprint density at radius 2 is 1.76 bits per heavy atom. The molecular weight excluding hydrogens is 520 g/mol. The van der Waals surface area contributed by atoms with Crippen molar-refractivity contribution in [2.45, 2.75) is 20.0 Å². The minimum absolute atomic E-state index is 0.181. The number of amides is 4. The smallest absolute Gasteiger partial charge is 0.335 e. The molecule has 1 aliphatic heterocycles. The van der Waals surface area contributed by atoms with E-state index in [1.165, 1.54) is 6.08 Å². The van der Waals surface area contributed by atoms with Crippen molar-refractivity contribution in [2.24, 2.45) is 0 Å². The van der Waals surface area contributed by atoms with Gasteiger partial charge in [-0.25, -0.2) is 9.69 Å². The monoisotopic (exact) mass is 538 g/mol. The maximum Gasteiger partial charge on any atom is 0.335 e. The highest BCUT2D eigenvalue weighted by atomic mass is 79.9. The van der Waals surface area contributed by atoms with Gasteiger partial charge in [0.2, 0.25) is 0 Å². The van der Waals surface area contributed by atoms with Gasteiger partial charge in [0.05, 0.1) is 5.69 Å². The normalized spacial score (nSPS) is 15.0. The lowest BCUT2D eigenvalue weighted by Crippen LogP contribution is -2.54. The molecule has 1 heterocycles. The van der Waals surface area contributed by atoms with E-state index in [0.717, 1.165) is 26.9 Å². The number of rotatable bonds is 6. The van der Waals surface area contributed by atoms with E-state index in [2.05, 4.69) is 21.2 Å². The summed E-state index contributed by atoms with van der Waals surface area (Å²) in [6.07, 6.45) is 2.24. The van der Waals surface area contributed by atoms with Crippen LogP contribution in [0.1, 0.15) is 23.6 Å². The fraction of sp³-hybridized carbons (Fsp3) is 0.115. The second-order valence-electron chi connectivity index (χ2n) is 7.54. The Hall–Kier alpha value is -3.42. The second-order valence-corrected chi connectivity index (χ2v) is 8.86. The third-order valence-corrected chi connectivity index (χ3v) is 6.18. The third-order valence-electron chi connectivity index (χ3n) is 5.32. The van der Waals surface area contributed by atoms with Crippen molar-refractivity contribution in [3.63, 3.8) is 0 Å². The number of benzene rings is 3. The Morgan fingerprint density at radius 3 is 2.47 bits per heavy atom. The van der Waals surface area contributed by atoms with Crippen LogP contribution in [-0.4, -0.2) is 17.8 Å². The summed E-state index contributed by atoms with van der Waals surface area (Å²) in [7, 11) is 0. The molecule has 4 rings (SSSR count). The molecule has 0 unspecified atom stereocenters. The van der Waals surface area contributed by atoms with Gasteiger partial charge in [0.25, 0.3) is 11.8 Å². The average Bonchev–Trinajstić information content (AvgIpc) is 2.82. The molecule has 34 heavy (non-hydrogen) atoms. The van der Waals surface area contributed by atoms with Crippen LogP contribution in [0.2, 0.25) is 5.02 Å². The summed E-state index contributed by atoms with van der Waals surface area (Å²) in [6.45, 7) is 2.21. The lowest BCUT2D eigenvalue weighted by atomic mass is 10.1. The molecule has 6 nitrogen and oxygen atoms in total. The molecule has 0 radical (unpaired) electrons. The molecule has 1 N–H and O–H groups in total. The van der Waals surface area contributed by atoms with Crippen molar-refractivity contribution < 1.29 is 19.1 Å². The van der Waals surface area contributed by atoms with E-state index in [0.29, 0.717) is 22.0 Å². The number of aryl methyl sites for hydroxylation is 1. The summed E-state index contributed by atoms with van der Waals surface area (Å²) >= 11 is 9.64. The molecule has 4 amide bonds. The first-order valence-corrected chi connectivity index (χ1v) is 11.7. The molecule has 0 saturated carbocycles. The van der Waals surface area contributed by atoms with Crippen molar-refractivity contribution in [3.05, 3.63) is 98.5 Å². The van der Waals surface area contributed by atoms with Gasteiger partial charge in [-0.2, -0.15) is 0 Å². The number of halogens is 2. The molecule has 172 valence electrons. The van der Waals surface area contributed by atoms with Crippen molar-refractivity contribution in [2.75, 3.05) is 4.90 Å². The number of hydrogen-bond donors (Lipinski definition) is 1. The van der Waals surface area contributed by atoms with Gasteiger partial charge in [-0.15, -0.1) is 0 Å². The van der Waals surface area contributed by atoms with Gasteiger partial charge < -0.3 is 4.74 Å². The van der Waals surface area contributed by atoms with Gasteiger partial charge in [0, 0.05) is 20.6 Å². The Labute approximate surface area is 210 Å². The standard InChI is InChI=1S/C26H20BrClN2O4/c1-2-16-7-10-20(11-8-16)30-25(32)21(24(31)29-26(30)33)14-18-13-19(27)9-12-23(18)34-15-17-5-3-4-6-22(17)28/h3-14H,2,15H2,1H3,(H,29,31,33)/b21-14-. The van der Waals surface area contributed by atoms with E-state index in [9.17, 15) is 14.4 Å². The van der Waals surface area contributed by atoms with Crippen LogP contribution in [0.25, 0.3) is 6.08 Å². The summed E-state index contributed by atoms with van der Waals surface area (Å²) in [4.78, 5) is 39.3. The van der Waals surface area contributed by atoms with E-state index >= 15 is 0 Å². The zero-order valence-corrected chi connectivity index (χ0v) is 20.5. The summed E-state index contributed by atoms with van der Waals surface area (Å²) in [6, 6.07) is 18.8. The highest BCUT2D eigenvalue weighted by molar-refractivity contribution is 9.10. The van der Waals surface area contributed by atoms with Crippen LogP contribution in [-0.2, 0) is 22.6 Å². The number of ether oxygens (including phenoxy) is 1. The Morgan fingerprint density at radius 1 is 1.03 bits per heavy atom. The van der Waals surface area contributed by atoms with Gasteiger partial charge in [0.15, 0.2) is 0 Å². The minimum atomic E-state index is -0.791. The largest absolute Gasteiger partial charge is 0.488 e. The maximum absolute atomic E-state index is 13.2. The molecule has 8 heteroatoms. The molecule has 1 fully saturated rings. The Bertz CT molecular complexity index is 1300. The molecule has 0 aliphatic carbocycles. The fourth-order valence-electron chi connectivity index (χ4n) is 3.46. The number of carbonyl (C=O) groups is 3. The molecule has 3 aromatic rings. The number of nitrogens with one attached hydrogen (secondary N) is 1. The van der Waals surface area contributed by atoms with Gasteiger partial charge in [-0.1, -0.05) is 64.8 Å². The predicted octanol–water partition coefficient (Wildman–Crippen LogP) is 5.91. The number of hydrogen-bond acceptors (Lipinski definition) is 4. The number of imide groups is 2. The number of urea groups is 1. The molecule has 0 spiro atoms. The van der Waals surface area contributed by atoms with E-state index in [1.807, 2.05) is 37.3 Å². The van der Waals surface area contributed by atoms with E-state index in [4.69, 9.17) is 16.3 Å². The van der Waals surface area contributed by atoms with Gasteiger partial charge >= 0.3 is 6.03 Å². The SMILES string of the molecule is CCc1ccc(N2C(=O)NC(=O)/C(=C/c3cc(Br)ccc3OCc3ccccc3Cl)C2=O)cc1. The molecule has 0 bridgehead atoms. The van der Waals surface area contributed by atoms with Crippen molar-refractivity contribution in [1.82, 2.24) is 5.32 Å². The van der Waals surface area contributed by atoms with Crippen LogP contribution in [0, 0.1) is 0 Å². The molecule has 1 saturated heterocycles. The average molecular weight is 540 g/mol. The third kappa shape index (κ3) is 5.05. The zero-order chi connectivity index (χ0) is 24.2. The summed E-state index contributed by atoms with van der Waals surface area (Å²) in [5, 5.41) is 2.82. The van der Waals surface area contributed by atoms with Crippen LogP contribution in [0.4, 0.5) is 10.5 Å². The van der Waals surface area contributed by atoms with Gasteiger partial charge in [0.1, 0.15) is 17.9 Å². The first kappa shape index (κ1) is 23.7. The van der Waals surface area contributed by atoms with Crippen LogP contribution in [0.5, 0.6) is 5.75 Å². The van der Waals surface area contributed by atoms with E-state index in [-0.39, 0.29) is 12.2 Å². The molecule has 0 atom stereocenters. The summed E-state index contributed by atoms with van der Waals surface area (Å²) < 4.78 is 6.69. The van der Waals surface area contributed by atoms with Crippen LogP contribution in [0.3, 0.4) is 0 Å². The molecule has 1 aliphatic rings. The number of barbiturate groups is 1. The molecular formula is C26H20BrClN2O4. The van der Waals surface area contributed by atoms with E-state index < -0.39 is 17.8 Å². The first-order valence-electron chi connectivity index (χ1n) is 10.5. The van der Waals surface area contributed by atoms with Crippen molar-refractivity contribution in [3.8, 4) is 5.75 Å². The lowest BCUT2D eigenvalue weighted by molar-refractivity contribution is -0.122. The molecule has 3 aromatic carbocycles. The van der Waals surface area contributed by atoms with Gasteiger partial charge in [-0.05, 0) is 54.5 Å². The summed E-state index contributed by atoms with van der Waals surface area (Å²) in [5.74, 6) is -1.03. The van der Waals surface area contributed by atoms with Crippen LogP contribution >= 0.6 is 27.5 Å².